The van der Waals surface area contributed by atoms with Crippen LogP contribution in [0.25, 0.3) is 0 Å². The Balaban J connectivity index is 1.74. The average molecular weight is 399 g/mol. The Morgan fingerprint density at radius 1 is 1.28 bits per heavy atom. The number of para-hydroxylation sites is 1. The highest BCUT2D eigenvalue weighted by Crippen LogP contribution is 2.31. The van der Waals surface area contributed by atoms with Crippen LogP contribution >= 0.6 is 0 Å². The molecule has 154 valence electrons. The second kappa shape index (κ2) is 8.91. The van der Waals surface area contributed by atoms with Crippen LogP contribution in [0, 0.1) is 10.1 Å². The summed E-state index contributed by atoms with van der Waals surface area (Å²) in [7, 11) is 5.63. The minimum atomic E-state index is -0.455. The number of carbonyl (C=O) groups excluding carboxylic acids is 1. The number of carbonyl (C=O) groups is 1. The number of nitro groups is 1. The Kier molecular flexibility index (Phi) is 6.33. The van der Waals surface area contributed by atoms with E-state index in [9.17, 15) is 14.9 Å². The summed E-state index contributed by atoms with van der Waals surface area (Å²) < 4.78 is 5.45. The second-order valence-electron chi connectivity index (χ2n) is 7.49. The number of ether oxygens (including phenoxy) is 1. The third-order valence-corrected chi connectivity index (χ3v) is 5.07. The minimum absolute atomic E-state index is 0.0270. The van der Waals surface area contributed by atoms with E-state index in [2.05, 4.69) is 10.6 Å². The maximum atomic E-state index is 12.7. The van der Waals surface area contributed by atoms with Gasteiger partial charge in [-0.1, -0.05) is 12.1 Å². The number of amides is 1. The summed E-state index contributed by atoms with van der Waals surface area (Å²) in [6.45, 7) is 0.372. The molecule has 2 aromatic carbocycles. The maximum Gasteiger partial charge on any atom is 0.293 e. The van der Waals surface area contributed by atoms with Crippen molar-refractivity contribution < 1.29 is 19.4 Å². The molecule has 0 aromatic heterocycles. The van der Waals surface area contributed by atoms with Gasteiger partial charge in [-0.3, -0.25) is 14.9 Å². The molecule has 0 spiro atoms. The predicted molar refractivity (Wildman–Crippen MR) is 111 cm³/mol. The van der Waals surface area contributed by atoms with Crippen LogP contribution < -0.4 is 20.3 Å². The van der Waals surface area contributed by atoms with Crippen molar-refractivity contribution in [3.05, 3.63) is 63.7 Å². The number of rotatable bonds is 9. The van der Waals surface area contributed by atoms with Crippen LogP contribution in [0.15, 0.2) is 42.5 Å². The number of likely N-dealkylation sites (N-methyl/N-ethyl adjacent to an activating group) is 1. The van der Waals surface area contributed by atoms with E-state index in [-0.39, 0.29) is 29.2 Å². The molecule has 2 aromatic rings. The first kappa shape index (κ1) is 20.6. The Bertz CT molecular complexity index is 896. The van der Waals surface area contributed by atoms with E-state index < -0.39 is 4.92 Å². The molecule has 8 nitrogen and oxygen atoms in total. The highest BCUT2D eigenvalue weighted by Gasteiger charge is 2.26. The van der Waals surface area contributed by atoms with Crippen LogP contribution in [0.5, 0.6) is 5.75 Å². The number of nitrogens with zero attached hydrogens (tertiary/aromatic N) is 1. The van der Waals surface area contributed by atoms with Gasteiger partial charge in [-0.2, -0.15) is 0 Å². The summed E-state index contributed by atoms with van der Waals surface area (Å²) in [5.74, 6) is 0.423. The van der Waals surface area contributed by atoms with Gasteiger partial charge in [-0.05, 0) is 37.1 Å². The summed E-state index contributed by atoms with van der Waals surface area (Å²) >= 11 is 0. The number of nitrogens with one attached hydrogen (secondary N) is 3. The molecular weight excluding hydrogens is 372 g/mol. The lowest BCUT2D eigenvalue weighted by Crippen LogP contribution is -3.07. The van der Waals surface area contributed by atoms with Crippen LogP contribution in [0.4, 0.5) is 11.4 Å². The number of quaternary nitrogens is 1. The highest BCUT2D eigenvalue weighted by molar-refractivity contribution is 5.95. The molecule has 0 saturated heterocycles. The molecule has 3 rings (SSSR count). The van der Waals surface area contributed by atoms with E-state index in [0.29, 0.717) is 12.2 Å². The smallest absolute Gasteiger partial charge is 0.293 e. The summed E-state index contributed by atoms with van der Waals surface area (Å²) in [6.07, 6.45) is 2.02. The molecule has 1 fully saturated rings. The second-order valence-corrected chi connectivity index (χ2v) is 7.49. The fraction of sp³-hybridized carbons (Fsp3) is 0.381. The normalized spacial score (nSPS) is 14.3. The van der Waals surface area contributed by atoms with Gasteiger partial charge in [0, 0.05) is 17.7 Å². The summed E-state index contributed by atoms with van der Waals surface area (Å²) in [4.78, 5) is 24.8. The fourth-order valence-corrected chi connectivity index (χ4v) is 3.27. The number of anilines is 1. The standard InChI is InChI=1S/C21H26N4O4/c1-24(2)19(16-6-4-5-7-20(16)29-3)13-22-21(26)14-8-11-17(23-15-9-10-15)18(12-14)25(27)28/h4-8,11-12,15,19,23H,9-10,13H2,1-3H3,(H,22,26)/p+1/t19-/m0/s1. The molecule has 0 radical (unpaired) electrons. The zero-order valence-electron chi connectivity index (χ0n) is 16.9. The van der Waals surface area contributed by atoms with Gasteiger partial charge in [-0.15, -0.1) is 0 Å². The van der Waals surface area contributed by atoms with Gasteiger partial charge in [0.25, 0.3) is 11.6 Å². The van der Waals surface area contributed by atoms with Crippen molar-refractivity contribution in [2.45, 2.75) is 24.9 Å². The van der Waals surface area contributed by atoms with Crippen molar-refractivity contribution in [1.29, 1.82) is 0 Å². The van der Waals surface area contributed by atoms with Gasteiger partial charge in [0.05, 0.1) is 38.2 Å². The van der Waals surface area contributed by atoms with E-state index in [1.165, 1.54) is 6.07 Å². The third-order valence-electron chi connectivity index (χ3n) is 5.07. The predicted octanol–water partition coefficient (Wildman–Crippen LogP) is 1.79. The van der Waals surface area contributed by atoms with Gasteiger partial charge < -0.3 is 20.3 Å². The summed E-state index contributed by atoms with van der Waals surface area (Å²) in [5, 5.41) is 17.5. The van der Waals surface area contributed by atoms with Crippen LogP contribution in [0.3, 0.4) is 0 Å². The molecule has 0 heterocycles. The van der Waals surface area contributed by atoms with E-state index in [1.807, 2.05) is 38.4 Å². The van der Waals surface area contributed by atoms with Gasteiger partial charge in [0.15, 0.2) is 0 Å². The number of benzene rings is 2. The summed E-state index contributed by atoms with van der Waals surface area (Å²) in [6, 6.07) is 12.5. The molecule has 1 aliphatic carbocycles. The molecule has 1 atom stereocenters. The first-order valence-electron chi connectivity index (χ1n) is 9.66. The van der Waals surface area contributed by atoms with Crippen molar-refractivity contribution in [1.82, 2.24) is 5.32 Å². The number of hydrogen-bond donors (Lipinski definition) is 3. The monoisotopic (exact) mass is 399 g/mol. The zero-order chi connectivity index (χ0) is 21.0. The quantitative estimate of drug-likeness (QED) is 0.441. The molecule has 0 bridgehead atoms. The van der Waals surface area contributed by atoms with Crippen LogP contribution in [0.2, 0.25) is 0 Å². The number of hydrogen-bond acceptors (Lipinski definition) is 5. The summed E-state index contributed by atoms with van der Waals surface area (Å²) in [5.41, 5.74) is 1.64. The number of nitro benzene ring substituents is 1. The molecule has 0 unspecified atom stereocenters. The van der Waals surface area contributed by atoms with E-state index >= 15 is 0 Å². The first-order valence-corrected chi connectivity index (χ1v) is 9.66. The maximum absolute atomic E-state index is 12.7. The Morgan fingerprint density at radius 3 is 2.62 bits per heavy atom. The van der Waals surface area contributed by atoms with Crippen molar-refractivity contribution >= 4 is 17.3 Å². The molecule has 8 heteroatoms. The largest absolute Gasteiger partial charge is 0.496 e. The van der Waals surface area contributed by atoms with Crippen molar-refractivity contribution in [2.24, 2.45) is 0 Å². The minimum Gasteiger partial charge on any atom is -0.496 e. The van der Waals surface area contributed by atoms with Gasteiger partial charge in [-0.25, -0.2) is 0 Å². The van der Waals surface area contributed by atoms with Crippen LogP contribution in [-0.4, -0.2) is 44.6 Å². The molecule has 3 N–H and O–H groups in total. The molecule has 1 saturated carbocycles. The van der Waals surface area contributed by atoms with E-state index in [4.69, 9.17) is 4.74 Å². The van der Waals surface area contributed by atoms with Gasteiger partial charge >= 0.3 is 0 Å². The number of methoxy groups -OCH3 is 1. The Morgan fingerprint density at radius 2 is 2.00 bits per heavy atom. The Hall–Kier alpha value is -3.13. The lowest BCUT2D eigenvalue weighted by Gasteiger charge is -2.23. The van der Waals surface area contributed by atoms with Crippen molar-refractivity contribution in [2.75, 3.05) is 33.1 Å². The van der Waals surface area contributed by atoms with Crippen molar-refractivity contribution in [3.63, 3.8) is 0 Å². The molecular formula is C21H27N4O4+. The topological polar surface area (TPSA) is 97.9 Å². The fourth-order valence-electron chi connectivity index (χ4n) is 3.27. The molecule has 0 aliphatic heterocycles. The van der Waals surface area contributed by atoms with Gasteiger partial charge in [0.2, 0.25) is 0 Å². The third kappa shape index (κ3) is 5.03. The SMILES string of the molecule is COc1ccccc1[C@H](CNC(=O)c1ccc(NC2CC2)c([N+](=O)[O-])c1)[NH+](C)C. The lowest BCUT2D eigenvalue weighted by atomic mass is 10.0. The van der Waals surface area contributed by atoms with E-state index in [1.54, 1.807) is 19.2 Å². The van der Waals surface area contributed by atoms with Crippen LogP contribution in [-0.2, 0) is 0 Å². The highest BCUT2D eigenvalue weighted by atomic mass is 16.6. The molecule has 29 heavy (non-hydrogen) atoms. The molecule has 1 aliphatic rings. The zero-order valence-corrected chi connectivity index (χ0v) is 16.9. The lowest BCUT2D eigenvalue weighted by molar-refractivity contribution is -0.890. The van der Waals surface area contributed by atoms with Crippen LogP contribution in [0.1, 0.15) is 34.8 Å². The average Bonchev–Trinajstić information content (AvgIpc) is 3.52. The molecule has 1 amide bonds. The Labute approximate surface area is 170 Å². The van der Waals surface area contributed by atoms with Gasteiger partial charge in [0.1, 0.15) is 17.5 Å². The van der Waals surface area contributed by atoms with E-state index in [0.717, 1.165) is 29.1 Å². The van der Waals surface area contributed by atoms with Crippen molar-refractivity contribution in [3.8, 4) is 5.75 Å². The first-order chi connectivity index (χ1) is 13.9.